The number of carbonyl (C=O) groups is 2. The lowest BCUT2D eigenvalue weighted by Crippen LogP contribution is -2.25. The van der Waals surface area contributed by atoms with E-state index in [1.807, 2.05) is 0 Å². The largest absolute Gasteiger partial charge is 0.478 e. The van der Waals surface area contributed by atoms with Crippen LogP contribution in [0.25, 0.3) is 0 Å². The van der Waals surface area contributed by atoms with E-state index in [4.69, 9.17) is 9.84 Å². The molecule has 0 radical (unpaired) electrons. The van der Waals surface area contributed by atoms with Gasteiger partial charge in [-0.3, -0.25) is 0 Å². The predicted molar refractivity (Wildman–Crippen MR) is 61.2 cm³/mol. The maximum Gasteiger partial charge on any atom is 0.338 e. The molecule has 0 heterocycles. The monoisotopic (exact) mass is 234 g/mol. The highest BCUT2D eigenvalue weighted by Gasteiger charge is 2.24. The van der Waals surface area contributed by atoms with Crippen LogP contribution in [0, 0.1) is 6.92 Å². The molecule has 1 aromatic carbocycles. The SMILES string of the molecule is Cc1c(C(=O)O)cccc1C(=O)OC1CCC1. The second-order valence-corrected chi connectivity index (χ2v) is 4.24. The minimum absolute atomic E-state index is 0.00961. The average molecular weight is 234 g/mol. The van der Waals surface area contributed by atoms with Gasteiger partial charge in [0.1, 0.15) is 6.10 Å². The number of aromatic carboxylic acids is 1. The first-order chi connectivity index (χ1) is 8.09. The lowest BCUT2D eigenvalue weighted by molar-refractivity contribution is 0.00893. The minimum Gasteiger partial charge on any atom is -0.478 e. The zero-order valence-electron chi connectivity index (χ0n) is 9.60. The summed E-state index contributed by atoms with van der Waals surface area (Å²) in [4.78, 5) is 22.8. The summed E-state index contributed by atoms with van der Waals surface area (Å²) in [6, 6.07) is 4.65. The molecule has 0 spiro atoms. The third kappa shape index (κ3) is 2.30. The Hall–Kier alpha value is -1.84. The van der Waals surface area contributed by atoms with Gasteiger partial charge < -0.3 is 9.84 Å². The van der Waals surface area contributed by atoms with Crippen LogP contribution >= 0.6 is 0 Å². The van der Waals surface area contributed by atoms with E-state index in [0.29, 0.717) is 11.1 Å². The van der Waals surface area contributed by atoms with Gasteiger partial charge in [-0.15, -0.1) is 0 Å². The zero-order chi connectivity index (χ0) is 12.4. The Balaban J connectivity index is 2.22. The molecule has 2 rings (SSSR count). The summed E-state index contributed by atoms with van der Waals surface area (Å²) in [5, 5.41) is 8.96. The Morgan fingerprint density at radius 1 is 1.29 bits per heavy atom. The number of rotatable bonds is 3. The summed E-state index contributed by atoms with van der Waals surface area (Å²) in [7, 11) is 0. The van der Waals surface area contributed by atoms with Gasteiger partial charge in [-0.1, -0.05) is 6.07 Å². The standard InChI is InChI=1S/C13H14O4/c1-8-10(12(14)15)6-3-7-11(8)13(16)17-9-4-2-5-9/h3,6-7,9H,2,4-5H2,1H3,(H,14,15). The zero-order valence-corrected chi connectivity index (χ0v) is 9.60. The van der Waals surface area contributed by atoms with E-state index in [9.17, 15) is 9.59 Å². The Morgan fingerprint density at radius 2 is 1.94 bits per heavy atom. The molecular formula is C13H14O4. The fourth-order valence-electron chi connectivity index (χ4n) is 1.79. The first-order valence-electron chi connectivity index (χ1n) is 5.63. The number of carbonyl (C=O) groups excluding carboxylic acids is 1. The molecule has 0 saturated heterocycles. The van der Waals surface area contributed by atoms with Crippen molar-refractivity contribution in [2.75, 3.05) is 0 Å². The molecule has 90 valence electrons. The van der Waals surface area contributed by atoms with Crippen LogP contribution in [0.1, 0.15) is 45.5 Å². The maximum absolute atomic E-state index is 11.8. The summed E-state index contributed by atoms with van der Waals surface area (Å²) < 4.78 is 5.26. The fourth-order valence-corrected chi connectivity index (χ4v) is 1.79. The number of hydrogen-bond acceptors (Lipinski definition) is 3. The van der Waals surface area contributed by atoms with Crippen LogP contribution in [0.2, 0.25) is 0 Å². The minimum atomic E-state index is -1.03. The van der Waals surface area contributed by atoms with Crippen LogP contribution in [0.5, 0.6) is 0 Å². The van der Waals surface area contributed by atoms with Crippen LogP contribution in [-0.2, 0) is 4.74 Å². The highest BCUT2D eigenvalue weighted by Crippen LogP contribution is 2.24. The van der Waals surface area contributed by atoms with Crippen LogP contribution in [-0.4, -0.2) is 23.1 Å². The highest BCUT2D eigenvalue weighted by molar-refractivity contribution is 5.97. The summed E-state index contributed by atoms with van der Waals surface area (Å²) in [6.45, 7) is 1.63. The molecule has 1 aliphatic rings. The number of esters is 1. The topological polar surface area (TPSA) is 63.6 Å². The number of hydrogen-bond donors (Lipinski definition) is 1. The number of benzene rings is 1. The quantitative estimate of drug-likeness (QED) is 0.816. The second kappa shape index (κ2) is 4.57. The lowest BCUT2D eigenvalue weighted by Gasteiger charge is -2.25. The van der Waals surface area contributed by atoms with Crippen molar-refractivity contribution in [3.8, 4) is 0 Å². The molecule has 17 heavy (non-hydrogen) atoms. The lowest BCUT2D eigenvalue weighted by atomic mass is 9.96. The van der Waals surface area contributed by atoms with Crippen molar-refractivity contribution in [2.45, 2.75) is 32.3 Å². The predicted octanol–water partition coefficient (Wildman–Crippen LogP) is 2.40. The van der Waals surface area contributed by atoms with Crippen molar-refractivity contribution in [1.29, 1.82) is 0 Å². The molecule has 1 aromatic rings. The Labute approximate surface area is 99.2 Å². The molecule has 0 aromatic heterocycles. The van der Waals surface area contributed by atoms with Crippen molar-refractivity contribution in [2.24, 2.45) is 0 Å². The number of carboxylic acids is 1. The van der Waals surface area contributed by atoms with Crippen molar-refractivity contribution >= 4 is 11.9 Å². The third-order valence-electron chi connectivity index (χ3n) is 3.11. The van der Waals surface area contributed by atoms with Crippen molar-refractivity contribution in [3.63, 3.8) is 0 Å². The molecule has 4 heteroatoms. The summed E-state index contributed by atoms with van der Waals surface area (Å²) in [5.41, 5.74) is 0.953. The molecule has 0 bridgehead atoms. The summed E-state index contributed by atoms with van der Waals surface area (Å²) >= 11 is 0. The molecule has 1 aliphatic carbocycles. The summed E-state index contributed by atoms with van der Waals surface area (Å²) in [6.07, 6.45) is 2.91. The molecule has 1 fully saturated rings. The smallest absolute Gasteiger partial charge is 0.338 e. The van der Waals surface area contributed by atoms with Crippen LogP contribution in [0.3, 0.4) is 0 Å². The van der Waals surface area contributed by atoms with Crippen LogP contribution < -0.4 is 0 Å². The van der Waals surface area contributed by atoms with E-state index < -0.39 is 11.9 Å². The van der Waals surface area contributed by atoms with E-state index in [1.54, 1.807) is 19.1 Å². The molecule has 0 amide bonds. The van der Waals surface area contributed by atoms with Gasteiger partial charge in [-0.2, -0.15) is 0 Å². The average Bonchev–Trinajstić information content (AvgIpc) is 2.23. The van der Waals surface area contributed by atoms with Gasteiger partial charge in [0, 0.05) is 0 Å². The van der Waals surface area contributed by atoms with E-state index in [2.05, 4.69) is 0 Å². The van der Waals surface area contributed by atoms with Gasteiger partial charge in [0.15, 0.2) is 0 Å². The van der Waals surface area contributed by atoms with E-state index in [-0.39, 0.29) is 11.7 Å². The van der Waals surface area contributed by atoms with Crippen molar-refractivity contribution in [3.05, 3.63) is 34.9 Å². The van der Waals surface area contributed by atoms with Gasteiger partial charge >= 0.3 is 11.9 Å². The molecule has 4 nitrogen and oxygen atoms in total. The Kier molecular flexibility index (Phi) is 3.13. The van der Waals surface area contributed by atoms with E-state index >= 15 is 0 Å². The number of carboxylic acid groups (broad SMARTS) is 1. The molecule has 0 aliphatic heterocycles. The van der Waals surface area contributed by atoms with Gasteiger partial charge in [0.2, 0.25) is 0 Å². The molecular weight excluding hydrogens is 220 g/mol. The van der Waals surface area contributed by atoms with Gasteiger partial charge in [-0.05, 0) is 43.9 Å². The second-order valence-electron chi connectivity index (χ2n) is 4.24. The van der Waals surface area contributed by atoms with Crippen molar-refractivity contribution in [1.82, 2.24) is 0 Å². The van der Waals surface area contributed by atoms with Gasteiger partial charge in [0.05, 0.1) is 11.1 Å². The normalized spacial score (nSPS) is 15.1. The van der Waals surface area contributed by atoms with E-state index in [0.717, 1.165) is 19.3 Å². The van der Waals surface area contributed by atoms with Crippen LogP contribution in [0.15, 0.2) is 18.2 Å². The molecule has 1 saturated carbocycles. The highest BCUT2D eigenvalue weighted by atomic mass is 16.5. The van der Waals surface area contributed by atoms with Gasteiger partial charge in [-0.25, -0.2) is 9.59 Å². The Bertz CT molecular complexity index is 460. The Morgan fingerprint density at radius 3 is 2.47 bits per heavy atom. The first-order valence-corrected chi connectivity index (χ1v) is 5.63. The first kappa shape index (κ1) is 11.6. The summed E-state index contributed by atoms with van der Waals surface area (Å²) in [5.74, 6) is -1.45. The maximum atomic E-state index is 11.8. The fraction of sp³-hybridized carbons (Fsp3) is 0.385. The van der Waals surface area contributed by atoms with Crippen molar-refractivity contribution < 1.29 is 19.4 Å². The number of ether oxygens (including phenoxy) is 1. The molecule has 1 N–H and O–H groups in total. The third-order valence-corrected chi connectivity index (χ3v) is 3.11. The van der Waals surface area contributed by atoms with Crippen LogP contribution in [0.4, 0.5) is 0 Å². The molecule has 0 atom stereocenters. The molecule has 0 unspecified atom stereocenters. The van der Waals surface area contributed by atoms with E-state index in [1.165, 1.54) is 6.07 Å². The van der Waals surface area contributed by atoms with Gasteiger partial charge in [0.25, 0.3) is 0 Å².